The Hall–Kier alpha value is -2.21. The molecular formula is C16H10BrF2NO2. The molecule has 2 aromatic carbocycles. The Bertz CT molecular complexity index is 889. The van der Waals surface area contributed by atoms with Crippen molar-refractivity contribution >= 4 is 32.8 Å². The van der Waals surface area contributed by atoms with Crippen LogP contribution < -0.4 is 0 Å². The monoisotopic (exact) mass is 365 g/mol. The number of fused-ring (bicyclic) bond motifs is 1. The van der Waals surface area contributed by atoms with Crippen LogP contribution in [0.15, 0.2) is 47.1 Å². The third-order valence-corrected chi connectivity index (χ3v) is 4.08. The Morgan fingerprint density at radius 2 is 1.91 bits per heavy atom. The lowest BCUT2D eigenvalue weighted by Gasteiger charge is -2.09. The maximum atomic E-state index is 13.8. The minimum atomic E-state index is -1.13. The van der Waals surface area contributed by atoms with E-state index in [1.54, 1.807) is 22.9 Å². The molecule has 3 rings (SSSR count). The van der Waals surface area contributed by atoms with Gasteiger partial charge in [0.2, 0.25) is 0 Å². The fraction of sp³-hybridized carbons (Fsp3) is 0.0625. The summed E-state index contributed by atoms with van der Waals surface area (Å²) in [5.41, 5.74) is 0.952. The Balaban J connectivity index is 2.13. The minimum Gasteiger partial charge on any atom is -0.478 e. The molecule has 1 N–H and O–H groups in total. The average Bonchev–Trinajstić information content (AvgIpc) is 2.88. The summed E-state index contributed by atoms with van der Waals surface area (Å²) in [6.07, 6.45) is 1.60. The normalized spacial score (nSPS) is 11.0. The van der Waals surface area contributed by atoms with Gasteiger partial charge in [-0.15, -0.1) is 0 Å². The van der Waals surface area contributed by atoms with Crippen LogP contribution in [0.3, 0.4) is 0 Å². The molecule has 0 aliphatic carbocycles. The largest absolute Gasteiger partial charge is 0.478 e. The van der Waals surface area contributed by atoms with Crippen molar-refractivity contribution in [2.45, 2.75) is 6.54 Å². The second-order valence-corrected chi connectivity index (χ2v) is 5.71. The van der Waals surface area contributed by atoms with Crippen molar-refractivity contribution in [3.63, 3.8) is 0 Å². The van der Waals surface area contributed by atoms with Gasteiger partial charge in [0, 0.05) is 18.1 Å². The van der Waals surface area contributed by atoms with Gasteiger partial charge in [0.15, 0.2) is 0 Å². The molecule has 0 saturated carbocycles. The van der Waals surface area contributed by atoms with Gasteiger partial charge < -0.3 is 9.67 Å². The Morgan fingerprint density at radius 3 is 2.59 bits per heavy atom. The summed E-state index contributed by atoms with van der Waals surface area (Å²) < 4.78 is 29.4. The number of hydrogen-bond acceptors (Lipinski definition) is 1. The molecule has 0 fully saturated rings. The number of carboxylic acid groups (broad SMARTS) is 1. The molecule has 0 unspecified atom stereocenters. The quantitative estimate of drug-likeness (QED) is 0.745. The standard InChI is InChI=1S/C16H10BrF2NO2/c17-12-3-1-9(7-14(12)19)8-20-6-5-10-13(18)4-2-11(15(10)20)16(21)22/h1-7H,8H2,(H,21,22). The van der Waals surface area contributed by atoms with Crippen molar-refractivity contribution in [2.24, 2.45) is 0 Å². The van der Waals surface area contributed by atoms with E-state index in [0.29, 0.717) is 10.0 Å². The lowest BCUT2D eigenvalue weighted by Crippen LogP contribution is -2.05. The SMILES string of the molecule is O=C(O)c1ccc(F)c2ccn(Cc3ccc(Br)c(F)c3)c12. The first kappa shape index (κ1) is 14.7. The number of nitrogens with zero attached hydrogens (tertiary/aromatic N) is 1. The fourth-order valence-corrected chi connectivity index (χ4v) is 2.68. The number of hydrogen-bond donors (Lipinski definition) is 1. The van der Waals surface area contributed by atoms with E-state index in [9.17, 15) is 18.7 Å². The average molecular weight is 366 g/mol. The number of rotatable bonds is 3. The molecule has 112 valence electrons. The number of carboxylic acids is 1. The van der Waals surface area contributed by atoms with E-state index in [2.05, 4.69) is 15.9 Å². The molecule has 3 aromatic rings. The molecular weight excluding hydrogens is 356 g/mol. The molecule has 0 atom stereocenters. The zero-order chi connectivity index (χ0) is 15.9. The summed E-state index contributed by atoms with van der Waals surface area (Å²) in [7, 11) is 0. The Morgan fingerprint density at radius 1 is 1.14 bits per heavy atom. The number of benzene rings is 2. The predicted octanol–water partition coefficient (Wildman–Crippen LogP) is 4.43. The van der Waals surface area contributed by atoms with E-state index in [0.717, 1.165) is 6.07 Å². The molecule has 0 saturated heterocycles. The van der Waals surface area contributed by atoms with Crippen LogP contribution >= 0.6 is 15.9 Å². The van der Waals surface area contributed by atoms with Crippen LogP contribution in [0.4, 0.5) is 8.78 Å². The van der Waals surface area contributed by atoms with Crippen molar-refractivity contribution in [3.05, 3.63) is 69.8 Å². The Kier molecular flexibility index (Phi) is 3.70. The van der Waals surface area contributed by atoms with Crippen LogP contribution in [0.25, 0.3) is 10.9 Å². The lowest BCUT2D eigenvalue weighted by atomic mass is 10.1. The van der Waals surface area contributed by atoms with Gasteiger partial charge >= 0.3 is 5.97 Å². The van der Waals surface area contributed by atoms with Crippen LogP contribution in [-0.2, 0) is 6.54 Å². The zero-order valence-electron chi connectivity index (χ0n) is 11.2. The van der Waals surface area contributed by atoms with Gasteiger partial charge in [-0.1, -0.05) is 6.07 Å². The molecule has 0 aliphatic rings. The van der Waals surface area contributed by atoms with Crippen LogP contribution in [0.1, 0.15) is 15.9 Å². The highest BCUT2D eigenvalue weighted by Crippen LogP contribution is 2.25. The number of aromatic nitrogens is 1. The van der Waals surface area contributed by atoms with Crippen LogP contribution in [0.2, 0.25) is 0 Å². The summed E-state index contributed by atoms with van der Waals surface area (Å²) >= 11 is 3.08. The van der Waals surface area contributed by atoms with Gasteiger partial charge in [-0.3, -0.25) is 0 Å². The van der Waals surface area contributed by atoms with Gasteiger partial charge in [0.25, 0.3) is 0 Å². The van der Waals surface area contributed by atoms with Gasteiger partial charge in [-0.05, 0) is 51.8 Å². The van der Waals surface area contributed by atoms with Crippen molar-refractivity contribution in [2.75, 3.05) is 0 Å². The summed E-state index contributed by atoms with van der Waals surface area (Å²) in [5, 5.41) is 9.49. The minimum absolute atomic E-state index is 0.0129. The van der Waals surface area contributed by atoms with Crippen molar-refractivity contribution in [1.29, 1.82) is 0 Å². The fourth-order valence-electron chi connectivity index (χ4n) is 2.43. The van der Waals surface area contributed by atoms with Crippen molar-refractivity contribution in [1.82, 2.24) is 4.57 Å². The summed E-state index contributed by atoms with van der Waals surface area (Å²) in [6.45, 7) is 0.247. The topological polar surface area (TPSA) is 42.2 Å². The van der Waals surface area contributed by atoms with Gasteiger partial charge in [-0.25, -0.2) is 13.6 Å². The first-order valence-corrected chi connectivity index (χ1v) is 7.21. The zero-order valence-corrected chi connectivity index (χ0v) is 12.8. The number of halogens is 3. The second kappa shape index (κ2) is 5.53. The number of carbonyl (C=O) groups is 1. The van der Waals surface area contributed by atoms with E-state index in [4.69, 9.17) is 0 Å². The van der Waals surface area contributed by atoms with E-state index in [1.165, 1.54) is 18.2 Å². The molecule has 1 heterocycles. The lowest BCUT2D eigenvalue weighted by molar-refractivity contribution is 0.0698. The molecule has 0 radical (unpaired) electrons. The first-order valence-electron chi connectivity index (χ1n) is 6.42. The third kappa shape index (κ3) is 2.50. The maximum absolute atomic E-state index is 13.8. The van der Waals surface area contributed by atoms with Crippen LogP contribution in [0.5, 0.6) is 0 Å². The molecule has 1 aromatic heterocycles. The predicted molar refractivity (Wildman–Crippen MR) is 82.1 cm³/mol. The highest BCUT2D eigenvalue weighted by atomic mass is 79.9. The summed E-state index contributed by atoms with van der Waals surface area (Å²) in [4.78, 5) is 11.3. The van der Waals surface area contributed by atoms with E-state index < -0.39 is 17.6 Å². The first-order chi connectivity index (χ1) is 10.5. The molecule has 3 nitrogen and oxygen atoms in total. The molecule has 0 bridgehead atoms. The van der Waals surface area contributed by atoms with Crippen LogP contribution in [-0.4, -0.2) is 15.6 Å². The Labute approximate surface area is 132 Å². The van der Waals surface area contributed by atoms with Crippen molar-refractivity contribution in [3.8, 4) is 0 Å². The van der Waals surface area contributed by atoms with Crippen molar-refractivity contribution < 1.29 is 18.7 Å². The van der Waals surface area contributed by atoms with E-state index in [1.807, 2.05) is 0 Å². The van der Waals surface area contributed by atoms with Crippen LogP contribution in [0, 0.1) is 11.6 Å². The highest BCUT2D eigenvalue weighted by molar-refractivity contribution is 9.10. The molecule has 0 aliphatic heterocycles. The second-order valence-electron chi connectivity index (χ2n) is 4.85. The summed E-state index contributed by atoms with van der Waals surface area (Å²) in [5.74, 6) is -2.02. The third-order valence-electron chi connectivity index (χ3n) is 3.44. The molecule has 0 spiro atoms. The van der Waals surface area contributed by atoms with Gasteiger partial charge in [0.1, 0.15) is 11.6 Å². The number of aromatic carboxylic acids is 1. The smallest absolute Gasteiger partial charge is 0.337 e. The highest BCUT2D eigenvalue weighted by Gasteiger charge is 2.16. The molecule has 6 heteroatoms. The van der Waals surface area contributed by atoms with E-state index in [-0.39, 0.29) is 23.0 Å². The summed E-state index contributed by atoms with van der Waals surface area (Å²) in [6, 6.07) is 8.55. The van der Waals surface area contributed by atoms with Gasteiger partial charge in [0.05, 0.1) is 15.6 Å². The van der Waals surface area contributed by atoms with Gasteiger partial charge in [-0.2, -0.15) is 0 Å². The maximum Gasteiger partial charge on any atom is 0.337 e. The molecule has 22 heavy (non-hydrogen) atoms. The van der Waals surface area contributed by atoms with E-state index >= 15 is 0 Å². The molecule has 0 amide bonds.